The number of para-hydroxylation sites is 1. The van der Waals surface area contributed by atoms with Gasteiger partial charge < -0.3 is 20.1 Å². The highest BCUT2D eigenvalue weighted by Crippen LogP contribution is 2.22. The summed E-state index contributed by atoms with van der Waals surface area (Å²) in [6, 6.07) is 32.8. The highest BCUT2D eigenvalue weighted by atomic mass is 16.5. The van der Waals surface area contributed by atoms with Crippen LogP contribution in [0.3, 0.4) is 0 Å². The number of benzene rings is 4. The molecule has 192 valence electrons. The molecule has 0 aliphatic heterocycles. The van der Waals surface area contributed by atoms with Crippen molar-refractivity contribution >= 4 is 23.6 Å². The number of amides is 2. The minimum atomic E-state index is -0.881. The second-order valence-electron chi connectivity index (χ2n) is 8.68. The van der Waals surface area contributed by atoms with Gasteiger partial charge in [-0.3, -0.25) is 9.59 Å². The van der Waals surface area contributed by atoms with Crippen molar-refractivity contribution in [1.29, 1.82) is 0 Å². The predicted molar refractivity (Wildman–Crippen MR) is 150 cm³/mol. The smallest absolute Gasteiger partial charge is 0.249 e. The maximum Gasteiger partial charge on any atom is 0.249 e. The van der Waals surface area contributed by atoms with Crippen molar-refractivity contribution in [2.75, 3.05) is 11.9 Å². The van der Waals surface area contributed by atoms with Crippen LogP contribution >= 0.6 is 0 Å². The first-order valence-corrected chi connectivity index (χ1v) is 12.4. The van der Waals surface area contributed by atoms with Gasteiger partial charge in [0.15, 0.2) is 0 Å². The SMILES string of the molecule is C=Cc1cccc(CC(=O)NC(COCc2ccccc2)C(=O)Nc2ccc(Oc3ccccc3)cc2)c1. The molecule has 0 heterocycles. The fourth-order valence-electron chi connectivity index (χ4n) is 3.77. The van der Waals surface area contributed by atoms with Crippen LogP contribution in [0.5, 0.6) is 11.5 Å². The lowest BCUT2D eigenvalue weighted by Gasteiger charge is -2.19. The Balaban J connectivity index is 1.39. The van der Waals surface area contributed by atoms with Crippen LogP contribution in [0, 0.1) is 0 Å². The van der Waals surface area contributed by atoms with E-state index in [0.29, 0.717) is 18.0 Å². The van der Waals surface area contributed by atoms with Crippen LogP contribution < -0.4 is 15.4 Å². The normalized spacial score (nSPS) is 11.3. The molecule has 0 aliphatic carbocycles. The average Bonchev–Trinajstić information content (AvgIpc) is 2.95. The van der Waals surface area contributed by atoms with Gasteiger partial charge in [0, 0.05) is 5.69 Å². The van der Waals surface area contributed by atoms with E-state index in [0.717, 1.165) is 22.4 Å². The second-order valence-corrected chi connectivity index (χ2v) is 8.68. The van der Waals surface area contributed by atoms with Gasteiger partial charge in [0.2, 0.25) is 11.8 Å². The Labute approximate surface area is 222 Å². The fraction of sp³-hybridized carbons (Fsp3) is 0.125. The number of anilines is 1. The lowest BCUT2D eigenvalue weighted by atomic mass is 10.1. The third kappa shape index (κ3) is 8.18. The van der Waals surface area contributed by atoms with Gasteiger partial charge in [-0.25, -0.2) is 0 Å². The number of carbonyl (C=O) groups is 2. The summed E-state index contributed by atoms with van der Waals surface area (Å²) in [6.45, 7) is 4.12. The molecular formula is C32H30N2O4. The quantitative estimate of drug-likeness (QED) is 0.247. The Morgan fingerprint density at radius 3 is 2.16 bits per heavy atom. The van der Waals surface area contributed by atoms with Crippen LogP contribution in [0.25, 0.3) is 6.08 Å². The summed E-state index contributed by atoms with van der Waals surface area (Å²) in [5.41, 5.74) is 3.32. The topological polar surface area (TPSA) is 76.7 Å². The number of nitrogens with one attached hydrogen (secondary N) is 2. The predicted octanol–water partition coefficient (Wildman–Crippen LogP) is 6.00. The summed E-state index contributed by atoms with van der Waals surface area (Å²) in [5, 5.41) is 5.69. The summed E-state index contributed by atoms with van der Waals surface area (Å²) >= 11 is 0. The highest BCUT2D eigenvalue weighted by Gasteiger charge is 2.22. The van der Waals surface area contributed by atoms with Gasteiger partial charge in [-0.1, -0.05) is 85.5 Å². The molecule has 0 fully saturated rings. The fourth-order valence-corrected chi connectivity index (χ4v) is 3.77. The molecule has 0 spiro atoms. The van der Waals surface area contributed by atoms with Crippen molar-refractivity contribution in [2.24, 2.45) is 0 Å². The molecular weight excluding hydrogens is 476 g/mol. The van der Waals surface area contributed by atoms with Crippen LogP contribution in [0.4, 0.5) is 5.69 Å². The van der Waals surface area contributed by atoms with Gasteiger partial charge in [-0.05, 0) is 53.1 Å². The van der Waals surface area contributed by atoms with E-state index in [1.807, 2.05) is 84.9 Å². The monoisotopic (exact) mass is 506 g/mol. The molecule has 4 aromatic rings. The summed E-state index contributed by atoms with van der Waals surface area (Å²) in [4.78, 5) is 26.0. The lowest BCUT2D eigenvalue weighted by molar-refractivity contribution is -0.127. The number of ether oxygens (including phenoxy) is 2. The summed E-state index contributed by atoms with van der Waals surface area (Å²) in [5.74, 6) is 0.720. The Hall–Kier alpha value is -4.68. The molecule has 38 heavy (non-hydrogen) atoms. The summed E-state index contributed by atoms with van der Waals surface area (Å²) in [6.07, 6.45) is 1.86. The highest BCUT2D eigenvalue weighted by molar-refractivity contribution is 5.97. The van der Waals surface area contributed by atoms with Crippen LogP contribution in [0.15, 0.2) is 116 Å². The zero-order valence-corrected chi connectivity index (χ0v) is 21.0. The Morgan fingerprint density at radius 1 is 0.789 bits per heavy atom. The van der Waals surface area contributed by atoms with Gasteiger partial charge in [-0.2, -0.15) is 0 Å². The standard InChI is InChI=1S/C32H30N2O4/c1-2-24-12-9-13-26(20-24)21-31(35)34-30(23-37-22-25-10-5-3-6-11-25)32(36)33-27-16-18-29(19-17-27)38-28-14-7-4-8-15-28/h2-20,30H,1,21-23H2,(H,33,36)(H,34,35). The average molecular weight is 507 g/mol. The van der Waals surface area contributed by atoms with Crippen LogP contribution in [0.1, 0.15) is 16.7 Å². The van der Waals surface area contributed by atoms with Crippen molar-refractivity contribution in [1.82, 2.24) is 5.32 Å². The zero-order chi connectivity index (χ0) is 26.6. The summed E-state index contributed by atoms with van der Waals surface area (Å²) < 4.78 is 11.6. The zero-order valence-electron chi connectivity index (χ0n) is 21.0. The Kier molecular flexibility index (Phi) is 9.43. The van der Waals surface area contributed by atoms with E-state index in [2.05, 4.69) is 17.2 Å². The Bertz CT molecular complexity index is 1340. The van der Waals surface area contributed by atoms with Crippen molar-refractivity contribution in [3.8, 4) is 11.5 Å². The van der Waals surface area contributed by atoms with E-state index in [4.69, 9.17) is 9.47 Å². The number of carbonyl (C=O) groups excluding carboxylic acids is 2. The van der Waals surface area contributed by atoms with Gasteiger partial charge in [0.1, 0.15) is 17.5 Å². The van der Waals surface area contributed by atoms with Crippen LogP contribution in [-0.4, -0.2) is 24.5 Å². The lowest BCUT2D eigenvalue weighted by Crippen LogP contribution is -2.47. The van der Waals surface area contributed by atoms with Gasteiger partial charge in [0.05, 0.1) is 19.6 Å². The molecule has 0 saturated heterocycles. The van der Waals surface area contributed by atoms with Gasteiger partial charge >= 0.3 is 0 Å². The van der Waals surface area contributed by atoms with Crippen LogP contribution in [-0.2, 0) is 27.4 Å². The Morgan fingerprint density at radius 2 is 1.45 bits per heavy atom. The molecule has 0 radical (unpaired) electrons. The van der Waals surface area contributed by atoms with Crippen molar-refractivity contribution in [3.05, 3.63) is 132 Å². The first kappa shape index (κ1) is 26.4. The van der Waals surface area contributed by atoms with E-state index >= 15 is 0 Å². The van der Waals surface area contributed by atoms with E-state index in [1.54, 1.807) is 30.3 Å². The molecule has 0 bridgehead atoms. The first-order chi connectivity index (χ1) is 18.6. The van der Waals surface area contributed by atoms with E-state index in [9.17, 15) is 9.59 Å². The number of hydrogen-bond acceptors (Lipinski definition) is 4. The maximum absolute atomic E-state index is 13.2. The molecule has 0 aromatic heterocycles. The minimum absolute atomic E-state index is 0.0222. The van der Waals surface area contributed by atoms with E-state index in [1.165, 1.54) is 0 Å². The maximum atomic E-state index is 13.2. The molecule has 4 aromatic carbocycles. The molecule has 6 heteroatoms. The number of rotatable bonds is 12. The van der Waals surface area contributed by atoms with Crippen molar-refractivity contribution in [3.63, 3.8) is 0 Å². The molecule has 1 unspecified atom stereocenters. The molecule has 6 nitrogen and oxygen atoms in total. The third-order valence-electron chi connectivity index (χ3n) is 5.70. The largest absolute Gasteiger partial charge is 0.457 e. The third-order valence-corrected chi connectivity index (χ3v) is 5.70. The first-order valence-electron chi connectivity index (χ1n) is 12.4. The molecule has 0 saturated carbocycles. The van der Waals surface area contributed by atoms with Gasteiger partial charge in [0.25, 0.3) is 0 Å². The van der Waals surface area contributed by atoms with Gasteiger partial charge in [-0.15, -0.1) is 0 Å². The molecule has 2 N–H and O–H groups in total. The van der Waals surface area contributed by atoms with Crippen molar-refractivity contribution in [2.45, 2.75) is 19.1 Å². The molecule has 4 rings (SSSR count). The van der Waals surface area contributed by atoms with Crippen molar-refractivity contribution < 1.29 is 19.1 Å². The molecule has 2 amide bonds. The summed E-state index contributed by atoms with van der Waals surface area (Å²) in [7, 11) is 0. The molecule has 1 atom stereocenters. The number of hydrogen-bond donors (Lipinski definition) is 2. The minimum Gasteiger partial charge on any atom is -0.457 e. The second kappa shape index (κ2) is 13.6. The van der Waals surface area contributed by atoms with Crippen LogP contribution in [0.2, 0.25) is 0 Å². The van der Waals surface area contributed by atoms with E-state index in [-0.39, 0.29) is 24.8 Å². The van der Waals surface area contributed by atoms with E-state index < -0.39 is 6.04 Å². The molecule has 0 aliphatic rings.